The zero-order valence-electron chi connectivity index (χ0n) is 17.4. The lowest BCUT2D eigenvalue weighted by Gasteiger charge is -2.30. The van der Waals surface area contributed by atoms with Crippen molar-refractivity contribution in [1.29, 1.82) is 0 Å². The predicted octanol–water partition coefficient (Wildman–Crippen LogP) is 3.03. The van der Waals surface area contributed by atoms with Gasteiger partial charge in [0, 0.05) is 6.08 Å². The molecule has 0 bridgehead atoms. The zero-order valence-corrected chi connectivity index (χ0v) is 17.4. The van der Waals surface area contributed by atoms with E-state index in [2.05, 4.69) is 6.58 Å². The lowest BCUT2D eigenvalue weighted by atomic mass is 9.82. The third kappa shape index (κ3) is 7.80. The minimum absolute atomic E-state index is 0.176. The van der Waals surface area contributed by atoms with Crippen LogP contribution in [-0.4, -0.2) is 48.3 Å². The van der Waals surface area contributed by atoms with E-state index in [0.29, 0.717) is 70.8 Å². The summed E-state index contributed by atoms with van der Waals surface area (Å²) in [5.74, 6) is -2.45. The van der Waals surface area contributed by atoms with Gasteiger partial charge < -0.3 is 19.3 Å². The monoisotopic (exact) mass is 424 g/mol. The molecule has 0 aromatic rings. The van der Waals surface area contributed by atoms with E-state index in [1.807, 2.05) is 0 Å². The van der Waals surface area contributed by atoms with Gasteiger partial charge in [0.2, 0.25) is 0 Å². The highest BCUT2D eigenvalue weighted by Gasteiger charge is 2.34. The molecule has 2 saturated carbocycles. The van der Waals surface area contributed by atoms with Crippen LogP contribution >= 0.6 is 0 Å². The van der Waals surface area contributed by atoms with Crippen LogP contribution in [0.5, 0.6) is 0 Å². The normalized spacial score (nSPS) is 26.3. The molecule has 8 nitrogen and oxygen atoms in total. The van der Waals surface area contributed by atoms with E-state index in [1.54, 1.807) is 0 Å². The first-order valence-electron chi connectivity index (χ1n) is 10.8. The number of hydrogen-bond donors (Lipinski definition) is 1. The van der Waals surface area contributed by atoms with Gasteiger partial charge in [-0.3, -0.25) is 14.4 Å². The molecule has 168 valence electrons. The summed E-state index contributed by atoms with van der Waals surface area (Å²) in [5.41, 5.74) is 0. The molecule has 2 aliphatic carbocycles. The number of aliphatic carboxylic acids is 1. The highest BCUT2D eigenvalue weighted by atomic mass is 16.5. The van der Waals surface area contributed by atoms with Crippen LogP contribution in [0.15, 0.2) is 12.7 Å². The van der Waals surface area contributed by atoms with E-state index in [9.17, 15) is 19.2 Å². The molecule has 0 aromatic carbocycles. The molecular formula is C22H32O8. The van der Waals surface area contributed by atoms with Crippen LogP contribution in [0.2, 0.25) is 0 Å². The Labute approximate surface area is 176 Å². The first-order chi connectivity index (χ1) is 14.4. The van der Waals surface area contributed by atoms with E-state index < -0.39 is 11.9 Å². The fraction of sp³-hybridized carbons (Fsp3) is 0.727. The maximum absolute atomic E-state index is 12.3. The number of carbonyl (C=O) groups is 4. The highest BCUT2D eigenvalue weighted by molar-refractivity contribution is 5.81. The van der Waals surface area contributed by atoms with Crippen molar-refractivity contribution in [1.82, 2.24) is 0 Å². The topological polar surface area (TPSA) is 116 Å². The molecular weight excluding hydrogens is 392 g/mol. The summed E-state index contributed by atoms with van der Waals surface area (Å²) in [6.45, 7) is 3.88. The fourth-order valence-corrected chi connectivity index (χ4v) is 3.98. The van der Waals surface area contributed by atoms with Crippen LogP contribution in [0.25, 0.3) is 0 Å². The molecule has 0 heterocycles. The second kappa shape index (κ2) is 12.3. The molecule has 0 spiro atoms. The molecule has 8 heteroatoms. The Morgan fingerprint density at radius 2 is 1.27 bits per heavy atom. The lowest BCUT2D eigenvalue weighted by molar-refractivity contribution is -0.160. The highest BCUT2D eigenvalue weighted by Crippen LogP contribution is 2.32. The number of hydrogen-bond acceptors (Lipinski definition) is 7. The van der Waals surface area contributed by atoms with Crippen molar-refractivity contribution in [3.63, 3.8) is 0 Å². The van der Waals surface area contributed by atoms with E-state index in [-0.39, 0.29) is 42.4 Å². The van der Waals surface area contributed by atoms with Crippen LogP contribution in [0.1, 0.15) is 64.2 Å². The SMILES string of the molecule is C=CC(=O)OCCCCOC(=O)C1CCC(OC(=O)C2CCC(C(=O)O)CC2)CC1. The van der Waals surface area contributed by atoms with Crippen LogP contribution < -0.4 is 0 Å². The van der Waals surface area contributed by atoms with E-state index in [1.165, 1.54) is 0 Å². The summed E-state index contributed by atoms with van der Waals surface area (Å²) in [4.78, 5) is 46.4. The van der Waals surface area contributed by atoms with Crippen molar-refractivity contribution < 1.29 is 38.5 Å². The lowest BCUT2D eigenvalue weighted by Crippen LogP contribution is -2.32. The number of carboxylic acid groups (broad SMARTS) is 1. The maximum Gasteiger partial charge on any atom is 0.330 e. The van der Waals surface area contributed by atoms with Crippen molar-refractivity contribution in [2.45, 2.75) is 70.3 Å². The molecule has 1 N–H and O–H groups in total. The summed E-state index contributed by atoms with van der Waals surface area (Å²) < 4.78 is 15.8. The Kier molecular flexibility index (Phi) is 9.83. The molecule has 0 atom stereocenters. The number of carboxylic acids is 1. The van der Waals surface area contributed by atoms with Gasteiger partial charge in [-0.2, -0.15) is 0 Å². The van der Waals surface area contributed by atoms with Crippen molar-refractivity contribution >= 4 is 23.9 Å². The maximum atomic E-state index is 12.3. The summed E-state index contributed by atoms with van der Waals surface area (Å²) >= 11 is 0. The van der Waals surface area contributed by atoms with Crippen LogP contribution in [0.3, 0.4) is 0 Å². The summed E-state index contributed by atoms with van der Waals surface area (Å²) in [6, 6.07) is 0. The molecule has 2 fully saturated rings. The zero-order chi connectivity index (χ0) is 21.9. The Bertz CT molecular complexity index is 613. The Morgan fingerprint density at radius 1 is 0.767 bits per heavy atom. The van der Waals surface area contributed by atoms with Crippen LogP contribution in [0, 0.1) is 17.8 Å². The number of ether oxygens (including phenoxy) is 3. The van der Waals surface area contributed by atoms with Crippen LogP contribution in [0.4, 0.5) is 0 Å². The van der Waals surface area contributed by atoms with Crippen molar-refractivity contribution in [3.8, 4) is 0 Å². The quantitative estimate of drug-likeness (QED) is 0.246. The van der Waals surface area contributed by atoms with Crippen molar-refractivity contribution in [3.05, 3.63) is 12.7 Å². The van der Waals surface area contributed by atoms with E-state index in [0.717, 1.165) is 6.08 Å². The van der Waals surface area contributed by atoms with Crippen molar-refractivity contribution in [2.75, 3.05) is 13.2 Å². The average Bonchev–Trinajstić information content (AvgIpc) is 2.76. The molecule has 0 radical (unpaired) electrons. The average molecular weight is 424 g/mol. The van der Waals surface area contributed by atoms with Gasteiger partial charge in [-0.1, -0.05) is 6.58 Å². The standard InChI is InChI=1S/C22H32O8/c1-2-19(23)28-13-3-4-14-29-21(26)16-9-11-18(12-10-16)30-22(27)17-7-5-15(6-8-17)20(24)25/h2,15-18H,1,3-14H2,(H,24,25). The molecule has 0 aromatic heterocycles. The Balaban J connectivity index is 1.57. The van der Waals surface area contributed by atoms with Gasteiger partial charge in [0.15, 0.2) is 0 Å². The minimum atomic E-state index is -0.789. The number of rotatable bonds is 10. The third-order valence-electron chi connectivity index (χ3n) is 5.89. The molecule has 2 rings (SSSR count). The minimum Gasteiger partial charge on any atom is -0.481 e. The molecule has 0 aliphatic heterocycles. The molecule has 0 unspecified atom stereocenters. The number of esters is 3. The number of carbonyl (C=O) groups excluding carboxylic acids is 3. The van der Waals surface area contributed by atoms with Crippen LogP contribution in [-0.2, 0) is 33.4 Å². The fourth-order valence-electron chi connectivity index (χ4n) is 3.98. The second-order valence-electron chi connectivity index (χ2n) is 8.04. The molecule has 0 amide bonds. The second-order valence-corrected chi connectivity index (χ2v) is 8.04. The third-order valence-corrected chi connectivity index (χ3v) is 5.89. The van der Waals surface area contributed by atoms with Gasteiger partial charge in [0.1, 0.15) is 6.10 Å². The van der Waals surface area contributed by atoms with E-state index in [4.69, 9.17) is 19.3 Å². The van der Waals surface area contributed by atoms with Gasteiger partial charge in [-0.25, -0.2) is 4.79 Å². The molecule has 30 heavy (non-hydrogen) atoms. The Hall–Kier alpha value is -2.38. The van der Waals surface area contributed by atoms with E-state index >= 15 is 0 Å². The molecule has 2 aliphatic rings. The van der Waals surface area contributed by atoms with Gasteiger partial charge in [0.25, 0.3) is 0 Å². The predicted molar refractivity (Wildman–Crippen MR) is 106 cm³/mol. The first-order valence-corrected chi connectivity index (χ1v) is 10.8. The smallest absolute Gasteiger partial charge is 0.330 e. The van der Waals surface area contributed by atoms with Gasteiger partial charge >= 0.3 is 23.9 Å². The van der Waals surface area contributed by atoms with Crippen molar-refractivity contribution in [2.24, 2.45) is 17.8 Å². The first kappa shape index (κ1) is 23.9. The van der Waals surface area contributed by atoms with Gasteiger partial charge in [0.05, 0.1) is 31.0 Å². The van der Waals surface area contributed by atoms with Gasteiger partial charge in [-0.05, 0) is 64.2 Å². The summed E-state index contributed by atoms with van der Waals surface area (Å²) in [6.07, 6.45) is 6.83. The molecule has 0 saturated heterocycles. The summed E-state index contributed by atoms with van der Waals surface area (Å²) in [7, 11) is 0. The summed E-state index contributed by atoms with van der Waals surface area (Å²) in [5, 5.41) is 9.04. The van der Waals surface area contributed by atoms with Gasteiger partial charge in [-0.15, -0.1) is 0 Å². The Morgan fingerprint density at radius 3 is 1.83 bits per heavy atom. The number of unbranched alkanes of at least 4 members (excludes halogenated alkanes) is 1. The largest absolute Gasteiger partial charge is 0.481 e.